The monoisotopic (exact) mass is 273 g/mol. The van der Waals surface area contributed by atoms with Crippen LogP contribution in [0.3, 0.4) is 0 Å². The van der Waals surface area contributed by atoms with Crippen LogP contribution in [0.2, 0.25) is 5.32 Å². The summed E-state index contributed by atoms with van der Waals surface area (Å²) in [5, 5.41) is 22.1. The average molecular weight is 272 g/mol. The van der Waals surface area contributed by atoms with Crippen molar-refractivity contribution in [3.05, 3.63) is 29.8 Å². The first-order valence-corrected chi connectivity index (χ1v) is 6.77. The molecule has 0 bridgehead atoms. The summed E-state index contributed by atoms with van der Waals surface area (Å²) in [6.07, 6.45) is 0. The van der Waals surface area contributed by atoms with E-state index in [9.17, 15) is 9.90 Å². The minimum atomic E-state index is -0.810. The van der Waals surface area contributed by atoms with Gasteiger partial charge in [0.2, 0.25) is 0 Å². The quantitative estimate of drug-likeness (QED) is 0.688. The van der Waals surface area contributed by atoms with Gasteiger partial charge in [0.25, 0.3) is 0 Å². The van der Waals surface area contributed by atoms with Crippen molar-refractivity contribution in [2.45, 2.75) is 16.3 Å². The van der Waals surface area contributed by atoms with Crippen LogP contribution in [0.25, 0.3) is 0 Å². The maximum atomic E-state index is 10.7. The van der Waals surface area contributed by atoms with E-state index in [-0.39, 0.29) is 25.6 Å². The fraction of sp³-hybridized carbons (Fsp3) is 0.300. The second-order valence-electron chi connectivity index (χ2n) is 3.33. The van der Waals surface area contributed by atoms with Crippen molar-refractivity contribution in [1.82, 2.24) is 5.32 Å². The predicted octanol–water partition coefficient (Wildman–Crippen LogP) is 0.570. The first-order chi connectivity index (χ1) is 7.18. The van der Waals surface area contributed by atoms with Gasteiger partial charge in [0, 0.05) is 0 Å². The van der Waals surface area contributed by atoms with Gasteiger partial charge in [0.05, 0.1) is 0 Å². The SMILES string of the molecule is O=C(O)[C@@H]1C[Se]C(c2ccccc2O)N1. The molecule has 0 aliphatic carbocycles. The minimum absolute atomic E-state index is 0.0137. The molecule has 0 radical (unpaired) electrons. The molecule has 1 aromatic rings. The molecule has 0 amide bonds. The molecule has 0 spiro atoms. The number of carbonyl (C=O) groups is 1. The van der Waals surface area contributed by atoms with E-state index >= 15 is 0 Å². The summed E-state index contributed by atoms with van der Waals surface area (Å²) in [7, 11) is 0. The summed E-state index contributed by atoms with van der Waals surface area (Å²) in [4.78, 5) is 10.8. The van der Waals surface area contributed by atoms with Gasteiger partial charge in [-0.15, -0.1) is 0 Å². The van der Waals surface area contributed by atoms with Crippen LogP contribution in [0.5, 0.6) is 5.75 Å². The van der Waals surface area contributed by atoms with Crippen molar-refractivity contribution in [3.63, 3.8) is 0 Å². The van der Waals surface area contributed by atoms with E-state index in [1.165, 1.54) is 0 Å². The zero-order valence-electron chi connectivity index (χ0n) is 7.88. The number of benzene rings is 1. The Kier molecular flexibility index (Phi) is 2.95. The van der Waals surface area contributed by atoms with Crippen molar-refractivity contribution in [1.29, 1.82) is 0 Å². The number of nitrogens with one attached hydrogen (secondary N) is 1. The summed E-state index contributed by atoms with van der Waals surface area (Å²) in [5.41, 5.74) is 0.807. The molecule has 1 aliphatic heterocycles. The zero-order valence-corrected chi connectivity index (χ0v) is 9.60. The van der Waals surface area contributed by atoms with Gasteiger partial charge in [-0.3, -0.25) is 0 Å². The Hall–Kier alpha value is -1.03. The number of rotatable bonds is 2. The molecule has 4 nitrogen and oxygen atoms in total. The van der Waals surface area contributed by atoms with Crippen LogP contribution in [0.15, 0.2) is 24.3 Å². The van der Waals surface area contributed by atoms with E-state index in [1.807, 2.05) is 12.1 Å². The number of carboxylic acid groups (broad SMARTS) is 1. The average Bonchev–Trinajstić information content (AvgIpc) is 2.67. The van der Waals surface area contributed by atoms with Crippen LogP contribution in [-0.4, -0.2) is 37.2 Å². The van der Waals surface area contributed by atoms with Crippen LogP contribution in [0.1, 0.15) is 10.5 Å². The second-order valence-corrected chi connectivity index (χ2v) is 5.72. The van der Waals surface area contributed by atoms with Gasteiger partial charge < -0.3 is 0 Å². The fourth-order valence-electron chi connectivity index (χ4n) is 1.50. The van der Waals surface area contributed by atoms with Gasteiger partial charge in [-0.1, -0.05) is 0 Å². The van der Waals surface area contributed by atoms with E-state index in [0.717, 1.165) is 5.56 Å². The van der Waals surface area contributed by atoms with Gasteiger partial charge in [-0.05, 0) is 0 Å². The van der Waals surface area contributed by atoms with Crippen LogP contribution >= 0.6 is 0 Å². The normalized spacial score (nSPS) is 25.3. The standard InChI is InChI=1S/C10H11NO3Se/c12-8-4-2-1-3-6(8)9-11-7(5-15-9)10(13)14/h1-4,7,9,11-12H,5H2,(H,13,14)/t7-,9?/m0/s1. The summed E-state index contributed by atoms with van der Waals surface area (Å²) in [6.45, 7) is 0. The molecule has 0 saturated carbocycles. The third-order valence-electron chi connectivity index (χ3n) is 2.30. The third-order valence-corrected chi connectivity index (χ3v) is 4.92. The Bertz CT molecular complexity index is 383. The molecule has 0 aromatic heterocycles. The molecule has 1 aromatic carbocycles. The molecule has 3 N–H and O–H groups in total. The molecule has 1 heterocycles. The van der Waals surface area contributed by atoms with Gasteiger partial charge in [0.15, 0.2) is 0 Å². The zero-order chi connectivity index (χ0) is 10.8. The second kappa shape index (κ2) is 4.23. The molecular weight excluding hydrogens is 261 g/mol. The predicted molar refractivity (Wildman–Crippen MR) is 56.0 cm³/mol. The van der Waals surface area contributed by atoms with Gasteiger partial charge in [-0.2, -0.15) is 0 Å². The van der Waals surface area contributed by atoms with E-state index in [2.05, 4.69) is 5.32 Å². The first kappa shape index (κ1) is 10.5. The molecule has 1 saturated heterocycles. The van der Waals surface area contributed by atoms with Crippen molar-refractivity contribution in [2.24, 2.45) is 0 Å². The van der Waals surface area contributed by atoms with Crippen molar-refractivity contribution >= 4 is 20.9 Å². The first-order valence-electron chi connectivity index (χ1n) is 4.57. The molecule has 15 heavy (non-hydrogen) atoms. The topological polar surface area (TPSA) is 69.6 Å². The van der Waals surface area contributed by atoms with Gasteiger partial charge >= 0.3 is 93.1 Å². The number of aromatic hydroxyl groups is 1. The molecule has 5 heteroatoms. The maximum absolute atomic E-state index is 10.7. The number of hydrogen-bond acceptors (Lipinski definition) is 3. The molecule has 1 aliphatic rings. The summed E-state index contributed by atoms with van der Waals surface area (Å²) in [5.74, 6) is -0.572. The van der Waals surface area contributed by atoms with E-state index < -0.39 is 12.0 Å². The number of phenols is 1. The van der Waals surface area contributed by atoms with Crippen LogP contribution < -0.4 is 5.32 Å². The number of carboxylic acids is 1. The van der Waals surface area contributed by atoms with Crippen LogP contribution in [0.4, 0.5) is 0 Å². The Morgan fingerprint density at radius 1 is 1.47 bits per heavy atom. The van der Waals surface area contributed by atoms with Crippen molar-refractivity contribution < 1.29 is 15.0 Å². The van der Waals surface area contributed by atoms with Crippen LogP contribution in [-0.2, 0) is 4.79 Å². The Morgan fingerprint density at radius 2 is 2.20 bits per heavy atom. The summed E-state index contributed by atoms with van der Waals surface area (Å²) in [6, 6.07) is 6.60. The molecule has 2 rings (SSSR count). The third kappa shape index (κ3) is 2.15. The molecule has 2 atom stereocenters. The van der Waals surface area contributed by atoms with Crippen molar-refractivity contribution in [3.8, 4) is 5.75 Å². The Morgan fingerprint density at radius 3 is 2.80 bits per heavy atom. The molecule has 1 unspecified atom stereocenters. The summed E-state index contributed by atoms with van der Waals surface area (Å²) < 4.78 is 0. The number of hydrogen-bond donors (Lipinski definition) is 3. The number of aliphatic carboxylic acids is 1. The van der Waals surface area contributed by atoms with E-state index in [4.69, 9.17) is 5.11 Å². The molecular formula is C10H11NO3Se. The van der Waals surface area contributed by atoms with Gasteiger partial charge in [0.1, 0.15) is 0 Å². The molecule has 1 fully saturated rings. The number of para-hydroxylation sites is 1. The Labute approximate surface area is 93.5 Å². The fourth-order valence-corrected chi connectivity index (χ4v) is 4.15. The number of phenolic OH excluding ortho intramolecular Hbond substituents is 1. The molecule has 80 valence electrons. The van der Waals surface area contributed by atoms with E-state index in [1.54, 1.807) is 12.1 Å². The van der Waals surface area contributed by atoms with Gasteiger partial charge in [-0.25, -0.2) is 0 Å². The Balaban J connectivity index is 2.14. The summed E-state index contributed by atoms with van der Waals surface area (Å²) >= 11 is 0.182. The van der Waals surface area contributed by atoms with Crippen LogP contribution in [0, 0.1) is 0 Å². The van der Waals surface area contributed by atoms with Crippen molar-refractivity contribution in [2.75, 3.05) is 0 Å². The van der Waals surface area contributed by atoms with E-state index in [0.29, 0.717) is 5.32 Å².